The smallest absolute Gasteiger partial charge is 0.344 e. The third-order valence-corrected chi connectivity index (χ3v) is 7.12. The van der Waals surface area contributed by atoms with Gasteiger partial charge in [-0.25, -0.2) is 4.79 Å². The molecule has 2 fully saturated rings. The summed E-state index contributed by atoms with van der Waals surface area (Å²) in [5, 5.41) is 13.1. The number of benzene rings is 2. The summed E-state index contributed by atoms with van der Waals surface area (Å²) in [6.45, 7) is 2.92. The number of fused-ring (bicyclic) bond motifs is 4. The van der Waals surface area contributed by atoms with E-state index in [0.29, 0.717) is 41.8 Å². The van der Waals surface area contributed by atoms with Crippen LogP contribution in [0.4, 0.5) is 0 Å². The van der Waals surface area contributed by atoms with E-state index in [1.165, 1.54) is 0 Å². The van der Waals surface area contributed by atoms with Crippen LogP contribution in [-0.2, 0) is 4.79 Å². The summed E-state index contributed by atoms with van der Waals surface area (Å²) < 4.78 is 11.4. The number of nitrogens with zero attached hydrogens (tertiary/aromatic N) is 1. The molecule has 0 radical (unpaired) electrons. The molecule has 1 aliphatic carbocycles. The highest BCUT2D eigenvalue weighted by Gasteiger charge is 2.43. The Labute approximate surface area is 180 Å². The number of hydrogen-bond donors (Lipinski definition) is 1. The standard InChI is InChI=1S/C25H27NO5/c1-16-21(10-9-19-18-7-2-3-8-20(18)24(28)31-23(16)19)30-15-22(27)26-13-12-25(29)11-5-4-6-17(25)14-26/h2-3,7-10,17,29H,4-6,11-15H2,1H3. The van der Waals surface area contributed by atoms with Crippen molar-refractivity contribution in [2.45, 2.75) is 44.6 Å². The lowest BCUT2D eigenvalue weighted by Gasteiger charge is -2.47. The molecular formula is C25H27NO5. The molecule has 6 nitrogen and oxygen atoms in total. The Hall–Kier alpha value is -2.86. The van der Waals surface area contributed by atoms with Gasteiger partial charge in [-0.3, -0.25) is 4.79 Å². The summed E-state index contributed by atoms with van der Waals surface area (Å²) in [4.78, 5) is 27.0. The maximum atomic E-state index is 12.8. The van der Waals surface area contributed by atoms with Crippen molar-refractivity contribution >= 4 is 27.6 Å². The molecule has 162 valence electrons. The molecule has 31 heavy (non-hydrogen) atoms. The van der Waals surface area contributed by atoms with Gasteiger partial charge in [-0.2, -0.15) is 0 Å². The SMILES string of the molecule is Cc1c(OCC(=O)N2CCC3(O)CCCCC3C2)ccc2c1oc(=O)c1ccccc12. The fourth-order valence-corrected chi connectivity index (χ4v) is 5.25. The molecule has 2 aromatic carbocycles. The highest BCUT2D eigenvalue weighted by molar-refractivity contribution is 6.05. The summed E-state index contributed by atoms with van der Waals surface area (Å²) in [6, 6.07) is 11.1. The van der Waals surface area contributed by atoms with Crippen molar-refractivity contribution < 1.29 is 19.1 Å². The van der Waals surface area contributed by atoms with Crippen LogP contribution < -0.4 is 10.4 Å². The van der Waals surface area contributed by atoms with Crippen LogP contribution in [0, 0.1) is 12.8 Å². The molecule has 0 bridgehead atoms. The van der Waals surface area contributed by atoms with Crippen LogP contribution in [0.15, 0.2) is 45.6 Å². The zero-order chi connectivity index (χ0) is 21.6. The second-order valence-electron chi connectivity index (χ2n) is 8.93. The van der Waals surface area contributed by atoms with Gasteiger partial charge in [0.25, 0.3) is 5.91 Å². The first-order valence-electron chi connectivity index (χ1n) is 11.0. The number of rotatable bonds is 3. The Morgan fingerprint density at radius 2 is 1.97 bits per heavy atom. The summed E-state index contributed by atoms with van der Waals surface area (Å²) >= 11 is 0. The molecule has 3 aromatic rings. The molecule has 1 aliphatic heterocycles. The molecule has 1 N–H and O–H groups in total. The Morgan fingerprint density at radius 3 is 2.81 bits per heavy atom. The Balaban J connectivity index is 1.34. The van der Waals surface area contributed by atoms with Crippen molar-refractivity contribution in [3.8, 4) is 5.75 Å². The van der Waals surface area contributed by atoms with Gasteiger partial charge in [0.15, 0.2) is 6.61 Å². The summed E-state index contributed by atoms with van der Waals surface area (Å²) in [5.74, 6) is 0.612. The summed E-state index contributed by atoms with van der Waals surface area (Å²) in [7, 11) is 0. The van der Waals surface area contributed by atoms with E-state index in [1.54, 1.807) is 6.07 Å². The van der Waals surface area contributed by atoms with Crippen molar-refractivity contribution in [2.75, 3.05) is 19.7 Å². The molecule has 2 unspecified atom stereocenters. The van der Waals surface area contributed by atoms with Crippen LogP contribution in [0.5, 0.6) is 5.75 Å². The van der Waals surface area contributed by atoms with E-state index in [-0.39, 0.29) is 24.1 Å². The van der Waals surface area contributed by atoms with Gasteiger partial charge in [-0.1, -0.05) is 31.0 Å². The third-order valence-electron chi connectivity index (χ3n) is 7.12. The largest absolute Gasteiger partial charge is 0.483 e. The van der Waals surface area contributed by atoms with Crippen LogP contribution >= 0.6 is 0 Å². The van der Waals surface area contributed by atoms with E-state index in [2.05, 4.69) is 0 Å². The number of carbonyl (C=O) groups excluding carboxylic acids is 1. The van der Waals surface area contributed by atoms with Gasteiger partial charge in [0.05, 0.1) is 11.0 Å². The van der Waals surface area contributed by atoms with Crippen molar-refractivity contribution in [1.29, 1.82) is 0 Å². The van der Waals surface area contributed by atoms with E-state index in [9.17, 15) is 14.7 Å². The van der Waals surface area contributed by atoms with Crippen LogP contribution in [-0.4, -0.2) is 41.2 Å². The predicted octanol–water partition coefficient (Wildman–Crippen LogP) is 3.79. The van der Waals surface area contributed by atoms with Gasteiger partial charge in [0.2, 0.25) is 0 Å². The van der Waals surface area contributed by atoms with Crippen molar-refractivity contribution in [2.24, 2.45) is 5.92 Å². The fourth-order valence-electron chi connectivity index (χ4n) is 5.25. The number of amides is 1. The Morgan fingerprint density at radius 1 is 1.16 bits per heavy atom. The van der Waals surface area contributed by atoms with Crippen LogP contribution in [0.2, 0.25) is 0 Å². The van der Waals surface area contributed by atoms with E-state index in [4.69, 9.17) is 9.15 Å². The van der Waals surface area contributed by atoms with E-state index in [1.807, 2.05) is 42.2 Å². The normalized spacial score (nSPS) is 23.7. The van der Waals surface area contributed by atoms with Crippen LogP contribution in [0.3, 0.4) is 0 Å². The number of carbonyl (C=O) groups is 1. The van der Waals surface area contributed by atoms with Crippen molar-refractivity contribution in [3.05, 3.63) is 52.4 Å². The van der Waals surface area contributed by atoms with Crippen molar-refractivity contribution in [3.63, 3.8) is 0 Å². The quantitative estimate of drug-likeness (QED) is 0.514. The first-order chi connectivity index (χ1) is 15.0. The molecule has 6 heteroatoms. The van der Waals surface area contributed by atoms with Crippen molar-refractivity contribution in [1.82, 2.24) is 4.90 Å². The van der Waals surface area contributed by atoms with Gasteiger partial charge >= 0.3 is 5.63 Å². The van der Waals surface area contributed by atoms with Crippen LogP contribution in [0.1, 0.15) is 37.7 Å². The average Bonchev–Trinajstić information content (AvgIpc) is 2.78. The lowest BCUT2D eigenvalue weighted by Crippen LogP contribution is -2.55. The van der Waals surface area contributed by atoms with Gasteiger partial charge in [-0.15, -0.1) is 0 Å². The average molecular weight is 421 g/mol. The maximum Gasteiger partial charge on any atom is 0.344 e. The monoisotopic (exact) mass is 421 g/mol. The molecule has 0 spiro atoms. The molecule has 2 atom stereocenters. The lowest BCUT2D eigenvalue weighted by atomic mass is 9.71. The Bertz CT molecular complexity index is 1220. The zero-order valence-electron chi connectivity index (χ0n) is 17.7. The second kappa shape index (κ2) is 7.68. The van der Waals surface area contributed by atoms with Crippen LogP contribution in [0.25, 0.3) is 21.7 Å². The fraction of sp³-hybridized carbons (Fsp3) is 0.440. The molecule has 1 saturated heterocycles. The topological polar surface area (TPSA) is 80.0 Å². The maximum absolute atomic E-state index is 12.8. The number of piperidine rings is 1. The summed E-state index contributed by atoms with van der Waals surface area (Å²) in [5.41, 5.74) is 0.200. The highest BCUT2D eigenvalue weighted by Crippen LogP contribution is 2.39. The highest BCUT2D eigenvalue weighted by atomic mass is 16.5. The zero-order valence-corrected chi connectivity index (χ0v) is 17.7. The first kappa shape index (κ1) is 20.1. The van der Waals surface area contributed by atoms with Gasteiger partial charge in [0.1, 0.15) is 11.3 Å². The number of hydrogen-bond acceptors (Lipinski definition) is 5. The summed E-state index contributed by atoms with van der Waals surface area (Å²) in [6.07, 6.45) is 4.62. The molecule has 5 rings (SSSR count). The molecule has 2 heterocycles. The molecule has 1 saturated carbocycles. The van der Waals surface area contributed by atoms with E-state index in [0.717, 1.165) is 36.5 Å². The minimum Gasteiger partial charge on any atom is -0.483 e. The molecule has 1 aromatic heterocycles. The minimum absolute atomic E-state index is 0.0741. The first-order valence-corrected chi connectivity index (χ1v) is 11.0. The predicted molar refractivity (Wildman–Crippen MR) is 118 cm³/mol. The number of aryl methyl sites for hydroxylation is 1. The third kappa shape index (κ3) is 3.49. The number of likely N-dealkylation sites (tertiary alicyclic amines) is 1. The van der Waals surface area contributed by atoms with E-state index >= 15 is 0 Å². The minimum atomic E-state index is -0.606. The number of aliphatic hydroxyl groups is 1. The lowest BCUT2D eigenvalue weighted by molar-refractivity contribution is -0.145. The second-order valence-corrected chi connectivity index (χ2v) is 8.93. The van der Waals surface area contributed by atoms with Gasteiger partial charge in [0, 0.05) is 30.0 Å². The van der Waals surface area contributed by atoms with Gasteiger partial charge in [-0.05, 0) is 49.8 Å². The molecule has 2 aliphatic rings. The molecular weight excluding hydrogens is 394 g/mol. The van der Waals surface area contributed by atoms with Gasteiger partial charge < -0.3 is 19.2 Å². The Kier molecular flexibility index (Phi) is 4.97. The van der Waals surface area contributed by atoms with E-state index < -0.39 is 5.60 Å². The molecule has 1 amide bonds. The number of ether oxygens (including phenoxy) is 1.